The van der Waals surface area contributed by atoms with Crippen LogP contribution in [0.5, 0.6) is 11.5 Å². The molecule has 9 nitrogen and oxygen atoms in total. The van der Waals surface area contributed by atoms with Crippen molar-refractivity contribution in [1.82, 2.24) is 9.21 Å². The van der Waals surface area contributed by atoms with Gasteiger partial charge in [0.25, 0.3) is 0 Å². The minimum atomic E-state index is -3.99. The molecular formula is C31H35N3O6S. The number of likely N-dealkylation sites (N-methyl/N-ethyl adjacent to an activating group) is 1. The number of hydrogen-bond donors (Lipinski definition) is 2. The van der Waals surface area contributed by atoms with E-state index in [9.17, 15) is 18.3 Å². The summed E-state index contributed by atoms with van der Waals surface area (Å²) in [5.74, 6) is 6.61. The zero-order valence-electron chi connectivity index (χ0n) is 23.6. The molecule has 0 fully saturated rings. The number of fused-ring (bicyclic) bond motifs is 1. The van der Waals surface area contributed by atoms with Crippen molar-refractivity contribution in [1.29, 1.82) is 0 Å². The second-order valence-corrected chi connectivity index (χ2v) is 11.9. The zero-order valence-corrected chi connectivity index (χ0v) is 24.4. The first-order chi connectivity index (χ1) is 19.6. The van der Waals surface area contributed by atoms with E-state index in [-0.39, 0.29) is 42.3 Å². The highest BCUT2D eigenvalue weighted by Gasteiger charge is 2.38. The Balaban J connectivity index is 1.65. The number of ether oxygens (including phenoxy) is 2. The number of aliphatic hydroxyl groups excluding tert-OH is 1. The molecule has 1 heterocycles. The summed E-state index contributed by atoms with van der Waals surface area (Å²) in [6, 6.07) is 20.3. The highest BCUT2D eigenvalue weighted by molar-refractivity contribution is 7.89. The topological polar surface area (TPSA) is 108 Å². The Labute approximate surface area is 241 Å². The Morgan fingerprint density at radius 2 is 1.85 bits per heavy atom. The third-order valence-corrected chi connectivity index (χ3v) is 8.93. The second kappa shape index (κ2) is 13.1. The molecule has 0 aliphatic carbocycles. The van der Waals surface area contributed by atoms with E-state index >= 15 is 0 Å². The fraction of sp³-hybridized carbons (Fsp3) is 0.323. The van der Waals surface area contributed by atoms with E-state index < -0.39 is 22.2 Å². The number of amides is 2. The predicted molar refractivity (Wildman–Crippen MR) is 158 cm³/mol. The highest BCUT2D eigenvalue weighted by atomic mass is 32.2. The lowest BCUT2D eigenvalue weighted by atomic mass is 10.0. The van der Waals surface area contributed by atoms with Crippen LogP contribution >= 0.6 is 0 Å². The monoisotopic (exact) mass is 577 g/mol. The molecule has 1 aliphatic heterocycles. The predicted octanol–water partition coefficient (Wildman–Crippen LogP) is 4.03. The number of urea groups is 1. The van der Waals surface area contributed by atoms with Crippen LogP contribution in [-0.4, -0.2) is 74.8 Å². The molecule has 2 amide bonds. The fourth-order valence-electron chi connectivity index (χ4n) is 4.46. The van der Waals surface area contributed by atoms with Gasteiger partial charge in [-0.05, 0) is 49.4 Å². The van der Waals surface area contributed by atoms with Gasteiger partial charge in [0.05, 0.1) is 20.3 Å². The maximum absolute atomic E-state index is 13.7. The van der Waals surface area contributed by atoms with Crippen LogP contribution in [0.25, 0.3) is 0 Å². The summed E-state index contributed by atoms with van der Waals surface area (Å²) >= 11 is 0. The van der Waals surface area contributed by atoms with Crippen molar-refractivity contribution >= 4 is 21.7 Å². The summed E-state index contributed by atoms with van der Waals surface area (Å²) in [7, 11) is -0.787. The highest BCUT2D eigenvalue weighted by Crippen LogP contribution is 2.34. The number of rotatable bonds is 6. The van der Waals surface area contributed by atoms with Gasteiger partial charge in [0.15, 0.2) is 0 Å². The summed E-state index contributed by atoms with van der Waals surface area (Å²) < 4.78 is 40.3. The summed E-state index contributed by atoms with van der Waals surface area (Å²) in [6.45, 7) is 3.48. The van der Waals surface area contributed by atoms with Gasteiger partial charge in [-0.3, -0.25) is 0 Å². The average Bonchev–Trinajstić information content (AvgIpc) is 2.97. The fourth-order valence-corrected chi connectivity index (χ4v) is 6.29. The Morgan fingerprint density at radius 3 is 2.56 bits per heavy atom. The standard InChI is InChI=1S/C31H35N3O6S/c1-22-19-34(23(2)21-35)41(37,38)30-16-15-25(14-13-24-9-6-5-7-10-24)17-28(30)40-29(22)20-33(3)31(36)32-26-11-8-12-27(18-26)39-4/h5-12,15-18,22-23,29,35H,19-21H2,1-4H3,(H,32,36)/t22-,23+,29-/m0/s1. The summed E-state index contributed by atoms with van der Waals surface area (Å²) in [6.07, 6.45) is -0.559. The van der Waals surface area contributed by atoms with Gasteiger partial charge in [-0.2, -0.15) is 4.31 Å². The van der Waals surface area contributed by atoms with Crippen molar-refractivity contribution in [3.05, 3.63) is 83.9 Å². The first-order valence-corrected chi connectivity index (χ1v) is 14.7. The SMILES string of the molecule is COc1cccc(NC(=O)N(C)C[C@@H]2Oc3cc(C#Cc4ccccc4)ccc3S(=O)(=O)N([C@H](C)CO)C[C@@H]2C)c1. The lowest BCUT2D eigenvalue weighted by Crippen LogP contribution is -2.50. The van der Waals surface area contributed by atoms with Crippen LogP contribution in [0.1, 0.15) is 25.0 Å². The molecule has 2 N–H and O–H groups in total. The number of methoxy groups -OCH3 is 1. The molecule has 0 spiro atoms. The average molecular weight is 578 g/mol. The molecule has 3 aromatic rings. The van der Waals surface area contributed by atoms with E-state index in [4.69, 9.17) is 9.47 Å². The molecule has 4 rings (SSSR count). The van der Waals surface area contributed by atoms with E-state index in [1.54, 1.807) is 57.5 Å². The van der Waals surface area contributed by atoms with Crippen LogP contribution in [0.2, 0.25) is 0 Å². The molecular weight excluding hydrogens is 542 g/mol. The van der Waals surface area contributed by atoms with E-state index in [0.717, 1.165) is 5.56 Å². The van der Waals surface area contributed by atoms with Gasteiger partial charge in [0.2, 0.25) is 10.0 Å². The summed E-state index contributed by atoms with van der Waals surface area (Å²) in [4.78, 5) is 14.5. The van der Waals surface area contributed by atoms with Crippen molar-refractivity contribution in [3.63, 3.8) is 0 Å². The molecule has 0 saturated heterocycles. The van der Waals surface area contributed by atoms with Gasteiger partial charge >= 0.3 is 6.03 Å². The van der Waals surface area contributed by atoms with Crippen LogP contribution in [0, 0.1) is 17.8 Å². The molecule has 1 aliphatic rings. The lowest BCUT2D eigenvalue weighted by Gasteiger charge is -2.37. The van der Waals surface area contributed by atoms with Gasteiger partial charge in [0.1, 0.15) is 22.5 Å². The minimum Gasteiger partial charge on any atom is -0.497 e. The van der Waals surface area contributed by atoms with Crippen molar-refractivity contribution in [2.24, 2.45) is 5.92 Å². The number of nitrogens with zero attached hydrogens (tertiary/aromatic N) is 2. The summed E-state index contributed by atoms with van der Waals surface area (Å²) in [5.41, 5.74) is 1.99. The summed E-state index contributed by atoms with van der Waals surface area (Å²) in [5, 5.41) is 12.7. The quantitative estimate of drug-likeness (QED) is 0.429. The Morgan fingerprint density at radius 1 is 1.12 bits per heavy atom. The maximum atomic E-state index is 13.7. The van der Waals surface area contributed by atoms with Gasteiger partial charge in [-0.1, -0.05) is 43.0 Å². The van der Waals surface area contributed by atoms with Crippen LogP contribution in [0.15, 0.2) is 77.7 Å². The van der Waals surface area contributed by atoms with Crippen molar-refractivity contribution < 1.29 is 27.8 Å². The smallest absolute Gasteiger partial charge is 0.321 e. The molecule has 0 saturated carbocycles. The van der Waals surface area contributed by atoms with Crippen molar-refractivity contribution in [3.8, 4) is 23.3 Å². The second-order valence-electron chi connectivity index (χ2n) is 10.1. The third kappa shape index (κ3) is 7.19. The number of hydrogen-bond acceptors (Lipinski definition) is 6. The number of sulfonamides is 1. The number of carbonyl (C=O) groups excluding carboxylic acids is 1. The maximum Gasteiger partial charge on any atom is 0.321 e. The van der Waals surface area contributed by atoms with Crippen LogP contribution in [-0.2, 0) is 10.0 Å². The number of aliphatic hydroxyl groups is 1. The van der Waals surface area contributed by atoms with E-state index in [1.807, 2.05) is 37.3 Å². The van der Waals surface area contributed by atoms with Crippen LogP contribution < -0.4 is 14.8 Å². The minimum absolute atomic E-state index is 0.0107. The first kappa shape index (κ1) is 29.9. The normalized spacial score (nSPS) is 18.8. The zero-order chi connectivity index (χ0) is 29.6. The van der Waals surface area contributed by atoms with E-state index in [2.05, 4.69) is 17.2 Å². The van der Waals surface area contributed by atoms with E-state index in [0.29, 0.717) is 17.0 Å². The lowest BCUT2D eigenvalue weighted by molar-refractivity contribution is 0.0830. The van der Waals surface area contributed by atoms with Crippen molar-refractivity contribution in [2.75, 3.05) is 39.2 Å². The Hall–Kier alpha value is -4.04. The molecule has 3 aromatic carbocycles. The third-order valence-electron chi connectivity index (χ3n) is 6.91. The molecule has 0 unspecified atom stereocenters. The number of nitrogens with one attached hydrogen (secondary N) is 1. The van der Waals surface area contributed by atoms with Gasteiger partial charge < -0.3 is 24.8 Å². The van der Waals surface area contributed by atoms with Gasteiger partial charge in [-0.25, -0.2) is 13.2 Å². The number of benzene rings is 3. The molecule has 216 valence electrons. The first-order valence-electron chi connectivity index (χ1n) is 13.3. The molecule has 10 heteroatoms. The number of carbonyl (C=O) groups is 1. The molecule has 0 aromatic heterocycles. The Kier molecular flexibility index (Phi) is 9.55. The molecule has 0 radical (unpaired) electrons. The Bertz CT molecular complexity index is 1530. The number of anilines is 1. The van der Waals surface area contributed by atoms with Crippen LogP contribution in [0.4, 0.5) is 10.5 Å². The van der Waals surface area contributed by atoms with E-state index in [1.165, 1.54) is 15.3 Å². The van der Waals surface area contributed by atoms with Crippen molar-refractivity contribution in [2.45, 2.75) is 30.9 Å². The molecule has 0 bridgehead atoms. The van der Waals surface area contributed by atoms with Gasteiger partial charge in [-0.15, -0.1) is 0 Å². The molecule has 3 atom stereocenters. The van der Waals surface area contributed by atoms with Crippen LogP contribution in [0.3, 0.4) is 0 Å². The largest absolute Gasteiger partial charge is 0.497 e. The van der Waals surface area contributed by atoms with Gasteiger partial charge in [0, 0.05) is 48.4 Å². The molecule has 41 heavy (non-hydrogen) atoms.